The van der Waals surface area contributed by atoms with Gasteiger partial charge in [0.15, 0.2) is 0 Å². The molecule has 6 heteroatoms. The minimum absolute atomic E-state index is 0.0519. The van der Waals surface area contributed by atoms with Gasteiger partial charge in [-0.1, -0.05) is 6.92 Å². The van der Waals surface area contributed by atoms with Crippen LogP contribution < -0.4 is 5.32 Å². The molecule has 21 heavy (non-hydrogen) atoms. The van der Waals surface area contributed by atoms with E-state index in [4.69, 9.17) is 0 Å². The third-order valence-corrected chi connectivity index (χ3v) is 4.37. The van der Waals surface area contributed by atoms with Crippen LogP contribution in [0.1, 0.15) is 49.5 Å². The Labute approximate surface area is 124 Å². The third kappa shape index (κ3) is 2.85. The van der Waals surface area contributed by atoms with Crippen LogP contribution in [-0.4, -0.2) is 50.6 Å². The summed E-state index contributed by atoms with van der Waals surface area (Å²) in [6.07, 6.45) is 7.25. The monoisotopic (exact) mass is 290 g/mol. The van der Waals surface area contributed by atoms with Crippen LogP contribution >= 0.6 is 0 Å². The number of aliphatic hydroxyl groups is 1. The maximum Gasteiger partial charge on any atom is 0.274 e. The molecule has 3 heterocycles. The molecule has 0 spiro atoms. The summed E-state index contributed by atoms with van der Waals surface area (Å²) in [5, 5.41) is 12.9. The van der Waals surface area contributed by atoms with E-state index in [9.17, 15) is 9.90 Å². The number of carbonyl (C=O) groups excluding carboxylic acids is 1. The lowest BCUT2D eigenvalue weighted by Crippen LogP contribution is -2.48. The van der Waals surface area contributed by atoms with Crippen molar-refractivity contribution >= 4 is 11.7 Å². The zero-order chi connectivity index (χ0) is 14.8. The van der Waals surface area contributed by atoms with E-state index in [1.54, 1.807) is 12.4 Å². The molecule has 3 rings (SSSR count). The summed E-state index contributed by atoms with van der Waals surface area (Å²) in [4.78, 5) is 23.0. The van der Waals surface area contributed by atoms with Gasteiger partial charge in [0, 0.05) is 18.6 Å². The Morgan fingerprint density at radius 2 is 2.05 bits per heavy atom. The number of carbonyl (C=O) groups is 1. The first kappa shape index (κ1) is 14.3. The molecule has 0 saturated carbocycles. The summed E-state index contributed by atoms with van der Waals surface area (Å²) in [5.74, 6) is 0.648. The minimum atomic E-state index is -0.266. The second kappa shape index (κ2) is 5.97. The summed E-state index contributed by atoms with van der Waals surface area (Å²) in [6, 6.07) is 0.317. The van der Waals surface area contributed by atoms with Crippen molar-refractivity contribution in [2.45, 2.75) is 57.2 Å². The van der Waals surface area contributed by atoms with E-state index < -0.39 is 0 Å². The number of anilines is 1. The molecule has 2 unspecified atom stereocenters. The van der Waals surface area contributed by atoms with Crippen LogP contribution in [0.5, 0.6) is 0 Å². The first-order valence-corrected chi connectivity index (χ1v) is 7.75. The highest BCUT2D eigenvalue weighted by atomic mass is 16.3. The fourth-order valence-corrected chi connectivity index (χ4v) is 3.40. The number of rotatable bonds is 4. The fourth-order valence-electron chi connectivity index (χ4n) is 3.40. The van der Waals surface area contributed by atoms with Gasteiger partial charge in [-0.15, -0.1) is 0 Å². The molecule has 114 valence electrons. The largest absolute Gasteiger partial charge is 0.393 e. The summed E-state index contributed by atoms with van der Waals surface area (Å²) in [7, 11) is 0. The predicted octanol–water partition coefficient (Wildman–Crippen LogP) is 1.43. The van der Waals surface area contributed by atoms with Crippen molar-refractivity contribution in [1.82, 2.24) is 14.9 Å². The van der Waals surface area contributed by atoms with Gasteiger partial charge in [-0.05, 0) is 32.1 Å². The minimum Gasteiger partial charge on any atom is -0.393 e. The van der Waals surface area contributed by atoms with Gasteiger partial charge in [-0.25, -0.2) is 9.97 Å². The Kier molecular flexibility index (Phi) is 4.05. The summed E-state index contributed by atoms with van der Waals surface area (Å²) < 4.78 is 0. The number of aromatic nitrogens is 2. The van der Waals surface area contributed by atoms with Crippen LogP contribution in [-0.2, 0) is 0 Å². The zero-order valence-corrected chi connectivity index (χ0v) is 12.3. The molecule has 2 bridgehead atoms. The van der Waals surface area contributed by atoms with Gasteiger partial charge < -0.3 is 15.3 Å². The van der Waals surface area contributed by atoms with E-state index in [0.717, 1.165) is 25.8 Å². The highest BCUT2D eigenvalue weighted by molar-refractivity contribution is 5.92. The molecule has 2 saturated heterocycles. The molecule has 6 nitrogen and oxygen atoms in total. The standard InChI is InChI=1S/C15H22N4O2/c1-2-5-16-14-9-17-13(8-18-14)15(21)19-10-3-4-11(19)7-12(20)6-10/h8-12,20H,2-7H2,1H3,(H,16,18). The lowest BCUT2D eigenvalue weighted by molar-refractivity contribution is 0.0282. The van der Waals surface area contributed by atoms with Crippen molar-refractivity contribution < 1.29 is 9.90 Å². The van der Waals surface area contributed by atoms with E-state index in [0.29, 0.717) is 24.4 Å². The van der Waals surface area contributed by atoms with Crippen molar-refractivity contribution in [2.75, 3.05) is 11.9 Å². The predicted molar refractivity (Wildman–Crippen MR) is 79.0 cm³/mol. The first-order chi connectivity index (χ1) is 10.2. The van der Waals surface area contributed by atoms with Gasteiger partial charge in [-0.3, -0.25) is 4.79 Å². The molecule has 1 aromatic heterocycles. The topological polar surface area (TPSA) is 78.4 Å². The molecule has 1 amide bonds. The summed E-state index contributed by atoms with van der Waals surface area (Å²) in [5.41, 5.74) is 0.394. The van der Waals surface area contributed by atoms with E-state index in [1.165, 1.54) is 0 Å². The molecule has 0 aromatic carbocycles. The SMILES string of the molecule is CCCNc1cnc(C(=O)N2C3CCC2CC(O)C3)cn1. The Hall–Kier alpha value is -1.69. The van der Waals surface area contributed by atoms with Gasteiger partial charge in [0.2, 0.25) is 0 Å². The van der Waals surface area contributed by atoms with Gasteiger partial charge in [0.05, 0.1) is 18.5 Å². The Balaban J connectivity index is 1.71. The van der Waals surface area contributed by atoms with Gasteiger partial charge in [0.25, 0.3) is 5.91 Å². The van der Waals surface area contributed by atoms with E-state index in [1.807, 2.05) is 4.90 Å². The zero-order valence-electron chi connectivity index (χ0n) is 12.3. The smallest absolute Gasteiger partial charge is 0.274 e. The van der Waals surface area contributed by atoms with Gasteiger partial charge >= 0.3 is 0 Å². The van der Waals surface area contributed by atoms with Crippen molar-refractivity contribution in [3.05, 3.63) is 18.1 Å². The van der Waals surface area contributed by atoms with Crippen molar-refractivity contribution in [3.8, 4) is 0 Å². The number of nitrogens with zero attached hydrogens (tertiary/aromatic N) is 3. The lowest BCUT2D eigenvalue weighted by Gasteiger charge is -2.36. The van der Waals surface area contributed by atoms with Crippen LogP contribution in [0.3, 0.4) is 0 Å². The van der Waals surface area contributed by atoms with Crippen LogP contribution in [0.25, 0.3) is 0 Å². The maximum atomic E-state index is 12.6. The van der Waals surface area contributed by atoms with Gasteiger partial charge in [0.1, 0.15) is 11.5 Å². The van der Waals surface area contributed by atoms with Crippen molar-refractivity contribution in [3.63, 3.8) is 0 Å². The van der Waals surface area contributed by atoms with E-state index in [-0.39, 0.29) is 24.1 Å². The number of piperidine rings is 1. The quantitative estimate of drug-likeness (QED) is 0.877. The molecule has 0 aliphatic carbocycles. The molecule has 0 radical (unpaired) electrons. The van der Waals surface area contributed by atoms with Crippen molar-refractivity contribution in [1.29, 1.82) is 0 Å². The Morgan fingerprint density at radius 3 is 2.62 bits per heavy atom. The summed E-state index contributed by atoms with van der Waals surface area (Å²) >= 11 is 0. The molecule has 2 atom stereocenters. The van der Waals surface area contributed by atoms with Crippen LogP contribution in [0.4, 0.5) is 5.82 Å². The Bertz CT molecular complexity index is 491. The van der Waals surface area contributed by atoms with Crippen LogP contribution in [0.2, 0.25) is 0 Å². The maximum absolute atomic E-state index is 12.6. The molecular formula is C15H22N4O2. The molecule has 2 aliphatic rings. The number of hydrogen-bond acceptors (Lipinski definition) is 5. The molecule has 2 N–H and O–H groups in total. The van der Waals surface area contributed by atoms with Crippen LogP contribution in [0, 0.1) is 0 Å². The van der Waals surface area contributed by atoms with Gasteiger partial charge in [-0.2, -0.15) is 0 Å². The van der Waals surface area contributed by atoms with E-state index >= 15 is 0 Å². The van der Waals surface area contributed by atoms with Crippen LogP contribution in [0.15, 0.2) is 12.4 Å². The van der Waals surface area contributed by atoms with E-state index in [2.05, 4.69) is 22.2 Å². The Morgan fingerprint density at radius 1 is 1.33 bits per heavy atom. The molecule has 2 fully saturated rings. The number of aliphatic hydroxyl groups excluding tert-OH is 1. The van der Waals surface area contributed by atoms with Crippen molar-refractivity contribution in [2.24, 2.45) is 0 Å². The number of fused-ring (bicyclic) bond motifs is 2. The number of nitrogens with one attached hydrogen (secondary N) is 1. The second-order valence-corrected chi connectivity index (χ2v) is 5.94. The normalized spacial score (nSPS) is 27.7. The summed E-state index contributed by atoms with van der Waals surface area (Å²) in [6.45, 7) is 2.93. The average molecular weight is 290 g/mol. The second-order valence-electron chi connectivity index (χ2n) is 5.94. The molecule has 2 aliphatic heterocycles. The molecular weight excluding hydrogens is 268 g/mol. The lowest BCUT2D eigenvalue weighted by atomic mass is 9.99. The fraction of sp³-hybridized carbons (Fsp3) is 0.667. The first-order valence-electron chi connectivity index (χ1n) is 7.75. The third-order valence-electron chi connectivity index (χ3n) is 4.37. The highest BCUT2D eigenvalue weighted by Gasteiger charge is 2.43. The molecule has 1 aromatic rings. The number of hydrogen-bond donors (Lipinski definition) is 2. The highest BCUT2D eigenvalue weighted by Crippen LogP contribution is 2.36. The number of amides is 1. The average Bonchev–Trinajstić information content (AvgIpc) is 2.77.